The van der Waals surface area contributed by atoms with E-state index in [9.17, 15) is 9.18 Å². The second kappa shape index (κ2) is 8.55. The van der Waals surface area contributed by atoms with Crippen molar-refractivity contribution in [3.63, 3.8) is 0 Å². The second-order valence-electron chi connectivity index (χ2n) is 6.72. The zero-order valence-corrected chi connectivity index (χ0v) is 17.0. The molecule has 0 saturated heterocycles. The van der Waals surface area contributed by atoms with E-state index in [-0.39, 0.29) is 11.7 Å². The molecule has 0 bridgehead atoms. The van der Waals surface area contributed by atoms with Gasteiger partial charge in [0.15, 0.2) is 0 Å². The number of ether oxygens (including phenoxy) is 1. The number of carbonyl (C=O) groups is 1. The summed E-state index contributed by atoms with van der Waals surface area (Å²) in [6.45, 7) is 2.32. The Hall–Kier alpha value is -3.38. The maximum Gasteiger partial charge on any atom is 0.270 e. The quantitative estimate of drug-likeness (QED) is 0.451. The fourth-order valence-corrected chi connectivity index (χ4v) is 3.29. The maximum absolute atomic E-state index is 13.0. The molecule has 0 spiro atoms. The van der Waals surface area contributed by atoms with E-state index in [0.29, 0.717) is 40.8 Å². The van der Waals surface area contributed by atoms with E-state index in [1.54, 1.807) is 47.0 Å². The second-order valence-corrected chi connectivity index (χ2v) is 7.15. The Labute approximate surface area is 178 Å². The van der Waals surface area contributed by atoms with Crippen LogP contribution in [0.25, 0.3) is 5.65 Å². The highest BCUT2D eigenvalue weighted by Crippen LogP contribution is 2.22. The van der Waals surface area contributed by atoms with Crippen molar-refractivity contribution in [3.05, 3.63) is 94.7 Å². The molecule has 1 N–H and O–H groups in total. The van der Waals surface area contributed by atoms with E-state index in [2.05, 4.69) is 10.3 Å². The summed E-state index contributed by atoms with van der Waals surface area (Å²) in [5.74, 6) is 0.669. The lowest BCUT2D eigenvalue weighted by molar-refractivity contribution is 0.0944. The van der Waals surface area contributed by atoms with Gasteiger partial charge < -0.3 is 10.1 Å². The minimum absolute atomic E-state index is 0.201. The summed E-state index contributed by atoms with van der Waals surface area (Å²) in [4.78, 5) is 17.3. The van der Waals surface area contributed by atoms with Gasteiger partial charge in [-0.15, -0.1) is 0 Å². The number of hydrogen-bond acceptors (Lipinski definition) is 3. The molecule has 0 aliphatic rings. The Morgan fingerprint density at radius 2 is 1.77 bits per heavy atom. The first-order chi connectivity index (χ1) is 14.5. The Bertz CT molecular complexity index is 1190. The van der Waals surface area contributed by atoms with E-state index in [4.69, 9.17) is 16.3 Å². The Morgan fingerprint density at radius 1 is 1.10 bits per heavy atom. The Balaban J connectivity index is 1.44. The summed E-state index contributed by atoms with van der Waals surface area (Å²) in [5, 5.41) is 3.52. The molecule has 2 heterocycles. The molecule has 7 heteroatoms. The summed E-state index contributed by atoms with van der Waals surface area (Å²) in [6, 6.07) is 16.6. The van der Waals surface area contributed by atoms with E-state index in [1.807, 2.05) is 19.1 Å². The molecule has 0 unspecified atom stereocenters. The highest BCUT2D eigenvalue weighted by molar-refractivity contribution is 6.30. The van der Waals surface area contributed by atoms with Crippen molar-refractivity contribution in [3.8, 4) is 11.5 Å². The third-order valence-corrected chi connectivity index (χ3v) is 4.87. The predicted octanol–water partition coefficient (Wildman–Crippen LogP) is 5.41. The van der Waals surface area contributed by atoms with Crippen LogP contribution in [0.1, 0.15) is 28.7 Å². The fourth-order valence-electron chi connectivity index (χ4n) is 3.14. The van der Waals surface area contributed by atoms with E-state index < -0.39 is 0 Å². The molecule has 4 aromatic rings. The lowest BCUT2D eigenvalue weighted by Crippen LogP contribution is -2.25. The number of fused-ring (bicyclic) bond motifs is 1. The molecule has 0 radical (unpaired) electrons. The molecule has 2 aromatic carbocycles. The van der Waals surface area contributed by atoms with Gasteiger partial charge in [-0.1, -0.05) is 30.7 Å². The van der Waals surface area contributed by atoms with Crippen molar-refractivity contribution < 1.29 is 13.9 Å². The molecule has 1 amide bonds. The number of carbonyl (C=O) groups excluding carboxylic acids is 1. The summed E-state index contributed by atoms with van der Waals surface area (Å²) in [7, 11) is 0. The number of nitrogens with one attached hydrogen (secondary N) is 1. The number of imidazole rings is 1. The molecule has 30 heavy (non-hydrogen) atoms. The average molecular weight is 424 g/mol. The molecular weight excluding hydrogens is 405 g/mol. The van der Waals surface area contributed by atoms with Crippen LogP contribution in [0.4, 0.5) is 4.39 Å². The topological polar surface area (TPSA) is 55.6 Å². The summed E-state index contributed by atoms with van der Waals surface area (Å²) < 4.78 is 20.4. The van der Waals surface area contributed by atoms with Crippen molar-refractivity contribution in [2.24, 2.45) is 0 Å². The van der Waals surface area contributed by atoms with E-state index in [0.717, 1.165) is 11.3 Å². The van der Waals surface area contributed by atoms with Gasteiger partial charge in [0.25, 0.3) is 5.91 Å². The summed E-state index contributed by atoms with van der Waals surface area (Å²) >= 11 is 6.03. The van der Waals surface area contributed by atoms with Gasteiger partial charge in [-0.2, -0.15) is 0 Å². The monoisotopic (exact) mass is 423 g/mol. The molecular formula is C23H19ClFN3O2. The number of aryl methyl sites for hydroxylation is 1. The lowest BCUT2D eigenvalue weighted by atomic mass is 10.2. The van der Waals surface area contributed by atoms with Crippen LogP contribution < -0.4 is 10.1 Å². The van der Waals surface area contributed by atoms with Crippen LogP contribution in [-0.4, -0.2) is 15.3 Å². The largest absolute Gasteiger partial charge is 0.457 e. The number of nitrogens with zero attached hydrogens (tertiary/aromatic N) is 2. The first-order valence-corrected chi connectivity index (χ1v) is 9.88. The third-order valence-electron chi connectivity index (χ3n) is 4.64. The van der Waals surface area contributed by atoms with Gasteiger partial charge in [0.05, 0.1) is 5.69 Å². The number of rotatable bonds is 6. The standard InChI is InChI=1S/C23H19ClFN3O2/c1-2-20-22(28-12-11-16(24)13-21(28)27-20)23(29)26-14-15-3-7-18(8-4-15)30-19-9-5-17(25)6-10-19/h3-13H,2,14H2,1H3,(H,26,29). The van der Waals surface area contributed by atoms with Crippen LogP contribution >= 0.6 is 11.6 Å². The van der Waals surface area contributed by atoms with E-state index in [1.165, 1.54) is 12.1 Å². The van der Waals surface area contributed by atoms with Crippen molar-refractivity contribution in [2.75, 3.05) is 0 Å². The molecule has 2 aromatic heterocycles. The first-order valence-electron chi connectivity index (χ1n) is 9.50. The van der Waals surface area contributed by atoms with E-state index >= 15 is 0 Å². The molecule has 0 aliphatic carbocycles. The van der Waals surface area contributed by atoms with Gasteiger partial charge in [-0.3, -0.25) is 9.20 Å². The van der Waals surface area contributed by atoms with Crippen molar-refractivity contribution in [1.82, 2.24) is 14.7 Å². The van der Waals surface area contributed by atoms with Crippen molar-refractivity contribution in [1.29, 1.82) is 0 Å². The summed E-state index contributed by atoms with van der Waals surface area (Å²) in [6.07, 6.45) is 2.39. The smallest absolute Gasteiger partial charge is 0.270 e. The minimum Gasteiger partial charge on any atom is -0.457 e. The molecule has 0 fully saturated rings. The van der Waals surface area contributed by atoms with Gasteiger partial charge in [-0.05, 0) is 54.4 Å². The first kappa shape index (κ1) is 19.9. The van der Waals surface area contributed by atoms with Crippen LogP contribution in [-0.2, 0) is 13.0 Å². The number of benzene rings is 2. The lowest BCUT2D eigenvalue weighted by Gasteiger charge is -2.09. The van der Waals surface area contributed by atoms with Gasteiger partial charge in [0, 0.05) is 23.8 Å². The van der Waals surface area contributed by atoms with Crippen LogP contribution in [0.5, 0.6) is 11.5 Å². The molecule has 0 atom stereocenters. The van der Waals surface area contributed by atoms with Crippen LogP contribution in [0.2, 0.25) is 5.02 Å². The highest BCUT2D eigenvalue weighted by atomic mass is 35.5. The number of aromatic nitrogens is 2. The normalized spacial score (nSPS) is 10.9. The van der Waals surface area contributed by atoms with Crippen LogP contribution in [0.15, 0.2) is 66.9 Å². The van der Waals surface area contributed by atoms with Gasteiger partial charge in [-0.25, -0.2) is 9.37 Å². The number of hydrogen-bond donors (Lipinski definition) is 1. The van der Waals surface area contributed by atoms with Gasteiger partial charge in [0.1, 0.15) is 28.7 Å². The zero-order valence-electron chi connectivity index (χ0n) is 16.2. The summed E-state index contributed by atoms with van der Waals surface area (Å²) in [5.41, 5.74) is 2.80. The molecule has 0 aliphatic heterocycles. The van der Waals surface area contributed by atoms with Gasteiger partial charge in [0.2, 0.25) is 0 Å². The van der Waals surface area contributed by atoms with Crippen molar-refractivity contribution in [2.45, 2.75) is 19.9 Å². The molecule has 152 valence electrons. The number of amides is 1. The maximum atomic E-state index is 13.0. The molecule has 4 rings (SSSR count). The molecule has 0 saturated carbocycles. The number of pyridine rings is 1. The highest BCUT2D eigenvalue weighted by Gasteiger charge is 2.18. The Kier molecular flexibility index (Phi) is 5.68. The third kappa shape index (κ3) is 4.28. The van der Waals surface area contributed by atoms with Gasteiger partial charge >= 0.3 is 0 Å². The SMILES string of the molecule is CCc1nc2cc(Cl)ccn2c1C(=O)NCc1ccc(Oc2ccc(F)cc2)cc1. The minimum atomic E-state index is -0.311. The predicted molar refractivity (Wildman–Crippen MR) is 114 cm³/mol. The van der Waals surface area contributed by atoms with Crippen LogP contribution in [0.3, 0.4) is 0 Å². The Morgan fingerprint density at radius 3 is 2.43 bits per heavy atom. The number of halogens is 2. The molecule has 5 nitrogen and oxygen atoms in total. The average Bonchev–Trinajstić information content (AvgIpc) is 3.12. The zero-order chi connectivity index (χ0) is 21.1. The van der Waals surface area contributed by atoms with Crippen LogP contribution in [0, 0.1) is 5.82 Å². The fraction of sp³-hybridized carbons (Fsp3) is 0.130. The van der Waals surface area contributed by atoms with Crippen molar-refractivity contribution >= 4 is 23.2 Å².